The van der Waals surface area contributed by atoms with Crippen molar-refractivity contribution in [3.63, 3.8) is 0 Å². The van der Waals surface area contributed by atoms with Gasteiger partial charge in [0.2, 0.25) is 0 Å². The standard InChI is InChI=1S/C13H11BN2/c14-16-15-13(11-7-3-1-4-8-11)12-9-5-2-6-10-12/h1-10,16H. The maximum atomic E-state index is 5.27. The van der Waals surface area contributed by atoms with Crippen LogP contribution in [0.3, 0.4) is 0 Å². The van der Waals surface area contributed by atoms with E-state index in [0.717, 1.165) is 16.8 Å². The van der Waals surface area contributed by atoms with Crippen molar-refractivity contribution in [1.29, 1.82) is 0 Å². The van der Waals surface area contributed by atoms with Crippen molar-refractivity contribution < 1.29 is 0 Å². The van der Waals surface area contributed by atoms with Gasteiger partial charge in [0, 0.05) is 11.1 Å². The maximum absolute atomic E-state index is 5.27. The molecule has 0 saturated heterocycles. The first-order valence-corrected chi connectivity index (χ1v) is 5.06. The molecule has 0 aliphatic heterocycles. The van der Waals surface area contributed by atoms with Crippen molar-refractivity contribution in [3.8, 4) is 0 Å². The molecule has 0 unspecified atom stereocenters. The lowest BCUT2D eigenvalue weighted by molar-refractivity contribution is 1.09. The lowest BCUT2D eigenvalue weighted by Crippen LogP contribution is -2.09. The average Bonchev–Trinajstić information content (AvgIpc) is 2.38. The topological polar surface area (TPSA) is 24.4 Å². The summed E-state index contributed by atoms with van der Waals surface area (Å²) in [7, 11) is 5.27. The molecular weight excluding hydrogens is 195 g/mol. The van der Waals surface area contributed by atoms with Crippen LogP contribution in [0, 0.1) is 0 Å². The zero-order valence-electron chi connectivity index (χ0n) is 8.80. The van der Waals surface area contributed by atoms with Crippen molar-refractivity contribution in [2.45, 2.75) is 0 Å². The van der Waals surface area contributed by atoms with Crippen molar-refractivity contribution in [1.82, 2.24) is 5.34 Å². The van der Waals surface area contributed by atoms with Crippen molar-refractivity contribution in [2.75, 3.05) is 0 Å². The first-order valence-electron chi connectivity index (χ1n) is 5.06. The number of nitrogens with zero attached hydrogens (tertiary/aromatic N) is 1. The van der Waals surface area contributed by atoms with E-state index in [-0.39, 0.29) is 0 Å². The Kier molecular flexibility index (Phi) is 3.39. The van der Waals surface area contributed by atoms with Crippen LogP contribution >= 0.6 is 0 Å². The van der Waals surface area contributed by atoms with Gasteiger partial charge in [0.25, 0.3) is 7.98 Å². The molecule has 2 aromatic carbocycles. The Bertz CT molecular complexity index is 424. The second kappa shape index (κ2) is 5.17. The minimum Gasteiger partial charge on any atom is -0.365 e. The van der Waals surface area contributed by atoms with Crippen LogP contribution in [-0.2, 0) is 0 Å². The highest BCUT2D eigenvalue weighted by Crippen LogP contribution is 2.09. The van der Waals surface area contributed by atoms with Crippen molar-refractivity contribution in [2.24, 2.45) is 5.10 Å². The molecule has 0 bridgehead atoms. The molecule has 0 aliphatic rings. The van der Waals surface area contributed by atoms with Gasteiger partial charge in [-0.2, -0.15) is 5.10 Å². The molecule has 2 nitrogen and oxygen atoms in total. The largest absolute Gasteiger partial charge is 0.365 e. The van der Waals surface area contributed by atoms with Crippen LogP contribution in [0.5, 0.6) is 0 Å². The van der Waals surface area contributed by atoms with Crippen LogP contribution in [0.25, 0.3) is 0 Å². The summed E-state index contributed by atoms with van der Waals surface area (Å²) in [5.41, 5.74) is 2.90. The van der Waals surface area contributed by atoms with Gasteiger partial charge in [0.15, 0.2) is 0 Å². The summed E-state index contributed by atoms with van der Waals surface area (Å²) in [6, 6.07) is 19.9. The quantitative estimate of drug-likeness (QED) is 0.464. The Labute approximate surface area is 96.4 Å². The summed E-state index contributed by atoms with van der Waals surface area (Å²) in [5.74, 6) is 0. The number of benzene rings is 2. The molecule has 0 atom stereocenters. The number of hydrogen-bond acceptors (Lipinski definition) is 2. The fourth-order valence-corrected chi connectivity index (χ4v) is 1.55. The van der Waals surface area contributed by atoms with E-state index in [2.05, 4.69) is 10.4 Å². The Morgan fingerprint density at radius 2 is 1.25 bits per heavy atom. The molecule has 0 saturated carbocycles. The Hall–Kier alpha value is -2.03. The third kappa shape index (κ3) is 2.31. The molecule has 0 amide bonds. The molecule has 2 rings (SSSR count). The van der Waals surface area contributed by atoms with Gasteiger partial charge in [-0.15, -0.1) is 0 Å². The monoisotopic (exact) mass is 206 g/mol. The third-order valence-electron chi connectivity index (χ3n) is 2.27. The maximum Gasteiger partial charge on any atom is 0.251 e. The summed E-state index contributed by atoms with van der Waals surface area (Å²) < 4.78 is 0. The van der Waals surface area contributed by atoms with E-state index in [4.69, 9.17) is 7.98 Å². The highest BCUT2D eigenvalue weighted by atomic mass is 15.2. The summed E-state index contributed by atoms with van der Waals surface area (Å²) in [6.07, 6.45) is 0. The molecule has 76 valence electrons. The second-order valence-electron chi connectivity index (χ2n) is 3.32. The minimum absolute atomic E-state index is 0.837. The SMILES string of the molecule is [B]NN=C(c1ccccc1)c1ccccc1. The summed E-state index contributed by atoms with van der Waals surface area (Å²) >= 11 is 0. The lowest BCUT2D eigenvalue weighted by atomic mass is 10.0. The van der Waals surface area contributed by atoms with Crippen molar-refractivity contribution in [3.05, 3.63) is 71.8 Å². The zero-order valence-corrected chi connectivity index (χ0v) is 8.80. The van der Waals surface area contributed by atoms with Gasteiger partial charge in [0.1, 0.15) is 0 Å². The molecular formula is C13H11BN2. The van der Waals surface area contributed by atoms with Gasteiger partial charge in [-0.05, 0) is 0 Å². The Morgan fingerprint density at radius 1 is 0.812 bits per heavy atom. The van der Waals surface area contributed by atoms with Crippen LogP contribution in [0.1, 0.15) is 11.1 Å². The smallest absolute Gasteiger partial charge is 0.251 e. The highest BCUT2D eigenvalue weighted by molar-refractivity contribution is 6.14. The van der Waals surface area contributed by atoms with Gasteiger partial charge < -0.3 is 5.34 Å². The van der Waals surface area contributed by atoms with E-state index >= 15 is 0 Å². The summed E-state index contributed by atoms with van der Waals surface area (Å²) in [6.45, 7) is 0. The van der Waals surface area contributed by atoms with Gasteiger partial charge in [-0.25, -0.2) is 0 Å². The molecule has 0 aromatic heterocycles. The zero-order chi connectivity index (χ0) is 11.2. The van der Waals surface area contributed by atoms with Crippen LogP contribution in [0.2, 0.25) is 0 Å². The van der Waals surface area contributed by atoms with Crippen LogP contribution in [0.4, 0.5) is 0 Å². The number of rotatable bonds is 3. The third-order valence-corrected chi connectivity index (χ3v) is 2.27. The van der Waals surface area contributed by atoms with E-state index < -0.39 is 0 Å². The van der Waals surface area contributed by atoms with E-state index in [0.29, 0.717) is 0 Å². The highest BCUT2D eigenvalue weighted by Gasteiger charge is 2.04. The van der Waals surface area contributed by atoms with Crippen LogP contribution < -0.4 is 5.34 Å². The fraction of sp³-hybridized carbons (Fsp3) is 0. The first-order chi connectivity index (χ1) is 7.92. The second-order valence-corrected chi connectivity index (χ2v) is 3.32. The normalized spacial score (nSPS) is 9.50. The van der Waals surface area contributed by atoms with E-state index in [9.17, 15) is 0 Å². The van der Waals surface area contributed by atoms with Crippen molar-refractivity contribution >= 4 is 13.7 Å². The molecule has 0 fully saturated rings. The lowest BCUT2D eigenvalue weighted by Gasteiger charge is -2.06. The van der Waals surface area contributed by atoms with Gasteiger partial charge in [-0.3, -0.25) is 0 Å². The fourth-order valence-electron chi connectivity index (χ4n) is 1.55. The van der Waals surface area contributed by atoms with Crippen LogP contribution in [0.15, 0.2) is 65.8 Å². The first kappa shape index (κ1) is 10.5. The van der Waals surface area contributed by atoms with Crippen LogP contribution in [-0.4, -0.2) is 13.7 Å². The molecule has 2 aromatic rings. The Balaban J connectivity index is 2.44. The molecule has 16 heavy (non-hydrogen) atoms. The number of hydrogen-bond donors (Lipinski definition) is 1. The number of nitrogens with one attached hydrogen (secondary N) is 1. The molecule has 2 radical (unpaired) electrons. The summed E-state index contributed by atoms with van der Waals surface area (Å²) in [5, 5.41) is 6.46. The molecule has 1 N–H and O–H groups in total. The minimum atomic E-state index is 0.837. The predicted molar refractivity (Wildman–Crippen MR) is 67.4 cm³/mol. The molecule has 3 heteroatoms. The predicted octanol–water partition coefficient (Wildman–Crippen LogP) is 2.11. The average molecular weight is 206 g/mol. The van der Waals surface area contributed by atoms with E-state index in [1.807, 2.05) is 60.7 Å². The molecule has 0 spiro atoms. The Morgan fingerprint density at radius 3 is 1.62 bits per heavy atom. The van der Waals surface area contributed by atoms with E-state index in [1.54, 1.807) is 0 Å². The molecule has 0 heterocycles. The van der Waals surface area contributed by atoms with Gasteiger partial charge in [0.05, 0.1) is 5.71 Å². The summed E-state index contributed by atoms with van der Waals surface area (Å²) in [4.78, 5) is 0. The molecule has 0 aliphatic carbocycles. The van der Waals surface area contributed by atoms with Gasteiger partial charge in [-0.1, -0.05) is 60.7 Å². The van der Waals surface area contributed by atoms with Gasteiger partial charge >= 0.3 is 0 Å². The van der Waals surface area contributed by atoms with E-state index in [1.165, 1.54) is 0 Å². The number of hydrazone groups is 1.